The quantitative estimate of drug-likeness (QED) is 0.334. The number of carbonyl (C=O) groups is 2. The summed E-state index contributed by atoms with van der Waals surface area (Å²) in [7, 11) is -3.90. The van der Waals surface area contributed by atoms with E-state index in [0.717, 1.165) is 30.5 Å². The van der Waals surface area contributed by atoms with Gasteiger partial charge in [-0.25, -0.2) is 18.2 Å². The minimum atomic E-state index is -4.61. The number of benzene rings is 2. The highest BCUT2D eigenvalue weighted by Crippen LogP contribution is 2.38. The Morgan fingerprint density at radius 2 is 1.71 bits per heavy atom. The Bertz CT molecular complexity index is 1600. The number of alkyl halides is 3. The van der Waals surface area contributed by atoms with E-state index in [-0.39, 0.29) is 60.4 Å². The van der Waals surface area contributed by atoms with Crippen LogP contribution in [0.4, 0.5) is 23.1 Å². The second kappa shape index (κ2) is 14.0. The zero-order valence-corrected chi connectivity index (χ0v) is 26.3. The van der Waals surface area contributed by atoms with E-state index >= 15 is 0 Å². The number of thiazole rings is 1. The van der Waals surface area contributed by atoms with Gasteiger partial charge in [0.25, 0.3) is 5.91 Å². The van der Waals surface area contributed by atoms with Crippen LogP contribution < -0.4 is 4.90 Å². The zero-order chi connectivity index (χ0) is 32.2. The van der Waals surface area contributed by atoms with Crippen LogP contribution in [0.25, 0.3) is 10.2 Å². The number of aromatic nitrogens is 1. The van der Waals surface area contributed by atoms with Crippen LogP contribution in [0.2, 0.25) is 0 Å². The van der Waals surface area contributed by atoms with Crippen LogP contribution in [-0.2, 0) is 25.7 Å². The van der Waals surface area contributed by atoms with Crippen molar-refractivity contribution in [1.82, 2.24) is 19.1 Å². The summed E-state index contributed by atoms with van der Waals surface area (Å²) in [6.07, 6.45) is -4.56. The van der Waals surface area contributed by atoms with Crippen molar-refractivity contribution in [2.24, 2.45) is 0 Å². The van der Waals surface area contributed by atoms with Crippen molar-refractivity contribution >= 4 is 48.7 Å². The Kier molecular flexibility index (Phi) is 10.3. The van der Waals surface area contributed by atoms with Crippen LogP contribution in [0.1, 0.15) is 29.3 Å². The minimum absolute atomic E-state index is 0.0164. The van der Waals surface area contributed by atoms with Crippen molar-refractivity contribution in [3.8, 4) is 0 Å². The van der Waals surface area contributed by atoms with Crippen molar-refractivity contribution in [2.75, 3.05) is 77.1 Å². The summed E-state index contributed by atoms with van der Waals surface area (Å²) < 4.78 is 79.7. The SMILES string of the molecule is CCOC(=O)N1CCN(S(=O)(=O)c2ccc(C(=O)N(CCCN3CCOCC3)c3nc4c(C(F)(F)F)cccc4s3)cc2)CC1. The number of nitrogens with zero attached hydrogens (tertiary/aromatic N) is 5. The summed E-state index contributed by atoms with van der Waals surface area (Å²) >= 11 is 0.997. The van der Waals surface area contributed by atoms with Gasteiger partial charge in [-0.1, -0.05) is 17.4 Å². The van der Waals surface area contributed by atoms with Gasteiger partial charge < -0.3 is 14.4 Å². The van der Waals surface area contributed by atoms with Gasteiger partial charge in [-0.05, 0) is 49.7 Å². The van der Waals surface area contributed by atoms with Crippen molar-refractivity contribution < 1.29 is 40.7 Å². The van der Waals surface area contributed by atoms with E-state index in [4.69, 9.17) is 9.47 Å². The Morgan fingerprint density at radius 3 is 2.36 bits per heavy atom. The summed E-state index contributed by atoms with van der Waals surface area (Å²) in [5.41, 5.74) is -0.927. The maximum atomic E-state index is 13.8. The predicted molar refractivity (Wildman–Crippen MR) is 162 cm³/mol. The molecule has 0 spiro atoms. The molecule has 2 fully saturated rings. The van der Waals surface area contributed by atoms with Crippen molar-refractivity contribution in [2.45, 2.75) is 24.4 Å². The smallest absolute Gasteiger partial charge is 0.418 e. The lowest BCUT2D eigenvalue weighted by Gasteiger charge is -2.33. The number of amides is 2. The normalized spacial score (nSPS) is 17.0. The third-order valence-corrected chi connectivity index (χ3v) is 10.6. The minimum Gasteiger partial charge on any atom is -0.450 e. The Labute approximate surface area is 263 Å². The Balaban J connectivity index is 1.35. The van der Waals surface area contributed by atoms with Gasteiger partial charge in [0, 0.05) is 57.9 Å². The summed E-state index contributed by atoms with van der Waals surface area (Å²) in [4.78, 5) is 35.1. The van der Waals surface area contributed by atoms with E-state index in [0.29, 0.717) is 30.9 Å². The number of ether oxygens (including phenoxy) is 2. The number of piperazine rings is 1. The molecule has 2 saturated heterocycles. The zero-order valence-electron chi connectivity index (χ0n) is 24.7. The first-order chi connectivity index (χ1) is 21.5. The van der Waals surface area contributed by atoms with Gasteiger partial charge in [0.05, 0.1) is 40.5 Å². The molecule has 0 aliphatic carbocycles. The lowest BCUT2D eigenvalue weighted by Crippen LogP contribution is -2.50. The Hall–Kier alpha value is -3.31. The van der Waals surface area contributed by atoms with Crippen molar-refractivity contribution in [3.05, 3.63) is 53.6 Å². The molecule has 5 rings (SSSR count). The third-order valence-electron chi connectivity index (χ3n) is 7.65. The first kappa shape index (κ1) is 33.1. The molecule has 0 radical (unpaired) electrons. The average Bonchev–Trinajstić information content (AvgIpc) is 3.47. The number of morpholine rings is 1. The molecule has 0 unspecified atom stereocenters. The lowest BCUT2D eigenvalue weighted by molar-refractivity contribution is -0.136. The first-order valence-electron chi connectivity index (χ1n) is 14.6. The monoisotopic (exact) mass is 669 g/mol. The van der Waals surface area contributed by atoms with Crippen LogP contribution in [0.3, 0.4) is 0 Å². The molecule has 2 aliphatic heterocycles. The molecule has 11 nitrogen and oxygen atoms in total. The van der Waals surface area contributed by atoms with E-state index in [2.05, 4.69) is 9.88 Å². The topological polar surface area (TPSA) is 113 Å². The molecule has 0 atom stereocenters. The molecule has 3 aromatic rings. The summed E-state index contributed by atoms with van der Waals surface area (Å²) in [5.74, 6) is -0.503. The van der Waals surface area contributed by atoms with Crippen molar-refractivity contribution in [1.29, 1.82) is 0 Å². The van der Waals surface area contributed by atoms with E-state index in [1.54, 1.807) is 6.92 Å². The van der Waals surface area contributed by atoms with Crippen LogP contribution >= 0.6 is 11.3 Å². The molecule has 244 valence electrons. The molecule has 0 bridgehead atoms. The molecule has 0 N–H and O–H groups in total. The summed E-state index contributed by atoms with van der Waals surface area (Å²) in [6.45, 7) is 6.05. The maximum Gasteiger partial charge on any atom is 0.418 e. The molecular weight excluding hydrogens is 635 g/mol. The highest BCUT2D eigenvalue weighted by atomic mass is 32.2. The maximum absolute atomic E-state index is 13.8. The molecule has 0 saturated carbocycles. The molecule has 16 heteroatoms. The number of hydrogen-bond acceptors (Lipinski definition) is 9. The fourth-order valence-electron chi connectivity index (χ4n) is 5.24. The molecule has 3 heterocycles. The van der Waals surface area contributed by atoms with E-state index in [1.165, 1.54) is 50.5 Å². The second-order valence-electron chi connectivity index (χ2n) is 10.5. The fraction of sp³-hybridized carbons (Fsp3) is 0.483. The number of hydrogen-bond donors (Lipinski definition) is 0. The molecule has 2 aromatic carbocycles. The largest absolute Gasteiger partial charge is 0.450 e. The number of sulfonamides is 1. The number of fused-ring (bicyclic) bond motifs is 1. The average molecular weight is 670 g/mol. The fourth-order valence-corrected chi connectivity index (χ4v) is 7.68. The summed E-state index contributed by atoms with van der Waals surface area (Å²) in [6, 6.07) is 9.29. The molecule has 45 heavy (non-hydrogen) atoms. The van der Waals surface area contributed by atoms with Gasteiger partial charge >= 0.3 is 12.3 Å². The molecular formula is C29H34F3N5O6S2. The van der Waals surface area contributed by atoms with Gasteiger partial charge in [0.1, 0.15) is 0 Å². The predicted octanol–water partition coefficient (Wildman–Crippen LogP) is 4.15. The molecule has 2 amide bonds. The Morgan fingerprint density at radius 1 is 1.02 bits per heavy atom. The number of halogens is 3. The molecule has 1 aromatic heterocycles. The van der Waals surface area contributed by atoms with E-state index in [1.807, 2.05) is 0 Å². The first-order valence-corrected chi connectivity index (χ1v) is 16.9. The number of carbonyl (C=O) groups excluding carboxylic acids is 2. The molecule has 2 aliphatic rings. The number of anilines is 1. The van der Waals surface area contributed by atoms with Crippen LogP contribution in [0.5, 0.6) is 0 Å². The van der Waals surface area contributed by atoms with Crippen LogP contribution in [0, 0.1) is 0 Å². The van der Waals surface area contributed by atoms with E-state index in [9.17, 15) is 31.2 Å². The lowest BCUT2D eigenvalue weighted by atomic mass is 10.2. The standard InChI is InChI=1S/C29H34F3N5O6S2/c1-2-43-28(39)35-13-15-36(16-14-35)45(40,41)22-9-7-21(8-10-22)26(38)37(12-4-11-34-17-19-42-20-18-34)27-33-25-23(29(30,31)32)5-3-6-24(25)44-27/h3,5-10H,2,4,11-20H2,1H3. The van der Waals surface area contributed by atoms with Gasteiger partial charge in [-0.3, -0.25) is 14.6 Å². The van der Waals surface area contributed by atoms with Gasteiger partial charge in [0.15, 0.2) is 5.13 Å². The number of para-hydroxylation sites is 1. The van der Waals surface area contributed by atoms with Crippen LogP contribution in [0.15, 0.2) is 47.4 Å². The third kappa shape index (κ3) is 7.57. The summed E-state index contributed by atoms with van der Waals surface area (Å²) in [5, 5.41) is 0.129. The van der Waals surface area contributed by atoms with Crippen LogP contribution in [-0.4, -0.2) is 112 Å². The van der Waals surface area contributed by atoms with Gasteiger partial charge in [-0.15, -0.1) is 0 Å². The van der Waals surface area contributed by atoms with Gasteiger partial charge in [0.2, 0.25) is 10.0 Å². The highest BCUT2D eigenvalue weighted by Gasteiger charge is 2.35. The highest BCUT2D eigenvalue weighted by molar-refractivity contribution is 7.89. The number of rotatable bonds is 9. The second-order valence-corrected chi connectivity index (χ2v) is 13.5. The van der Waals surface area contributed by atoms with Gasteiger partial charge in [-0.2, -0.15) is 17.5 Å². The van der Waals surface area contributed by atoms with E-state index < -0.39 is 33.8 Å². The van der Waals surface area contributed by atoms with Crippen molar-refractivity contribution in [3.63, 3.8) is 0 Å².